The molecule has 0 saturated heterocycles. The molecule has 0 spiro atoms. The molecule has 3 nitrogen and oxygen atoms in total. The van der Waals surface area contributed by atoms with E-state index in [4.69, 9.17) is 9.84 Å². The smallest absolute Gasteiger partial charge is 0.123 e. The zero-order chi connectivity index (χ0) is 16.0. The Morgan fingerprint density at radius 2 is 1.86 bits per heavy atom. The zero-order valence-corrected chi connectivity index (χ0v) is 14.0. The fourth-order valence-electron chi connectivity index (χ4n) is 2.61. The zero-order valence-electron chi connectivity index (χ0n) is 14.0. The summed E-state index contributed by atoms with van der Waals surface area (Å²) in [5, 5.41) is 18.8. The number of rotatable bonds is 7. The van der Waals surface area contributed by atoms with Crippen molar-refractivity contribution in [3.8, 4) is 5.75 Å². The summed E-state index contributed by atoms with van der Waals surface area (Å²) in [6.07, 6.45) is 0.874. The molecule has 0 radical (unpaired) electrons. The van der Waals surface area contributed by atoms with Crippen LogP contribution in [0.1, 0.15) is 64.5 Å². The van der Waals surface area contributed by atoms with Crippen molar-refractivity contribution < 1.29 is 14.9 Å². The second kappa shape index (κ2) is 7.81. The fraction of sp³-hybridized carbons (Fsp3) is 0.667. The predicted molar refractivity (Wildman–Crippen MR) is 87.1 cm³/mol. The van der Waals surface area contributed by atoms with E-state index in [1.807, 2.05) is 13.0 Å². The average Bonchev–Trinajstić information content (AvgIpc) is 2.44. The molecule has 120 valence electrons. The number of benzene rings is 1. The van der Waals surface area contributed by atoms with Gasteiger partial charge in [-0.05, 0) is 48.3 Å². The fourth-order valence-corrected chi connectivity index (χ4v) is 2.61. The van der Waals surface area contributed by atoms with E-state index in [2.05, 4.69) is 39.8 Å². The normalized spacial score (nSPS) is 14.8. The van der Waals surface area contributed by atoms with Crippen molar-refractivity contribution in [3.05, 3.63) is 29.3 Å². The highest BCUT2D eigenvalue weighted by Crippen LogP contribution is 2.35. The van der Waals surface area contributed by atoms with Crippen LogP contribution in [0.4, 0.5) is 0 Å². The molecule has 0 aliphatic carbocycles. The minimum atomic E-state index is -0.653. The van der Waals surface area contributed by atoms with Crippen molar-refractivity contribution in [1.82, 2.24) is 0 Å². The lowest BCUT2D eigenvalue weighted by Crippen LogP contribution is -2.18. The van der Waals surface area contributed by atoms with Gasteiger partial charge in [0.05, 0.1) is 19.3 Å². The lowest BCUT2D eigenvalue weighted by atomic mass is 9.82. The van der Waals surface area contributed by atoms with Crippen molar-refractivity contribution >= 4 is 0 Å². The second-order valence-corrected chi connectivity index (χ2v) is 6.62. The van der Waals surface area contributed by atoms with Crippen molar-refractivity contribution in [2.24, 2.45) is 0 Å². The van der Waals surface area contributed by atoms with E-state index in [-0.39, 0.29) is 17.9 Å². The molecule has 0 heterocycles. The van der Waals surface area contributed by atoms with Gasteiger partial charge in [-0.3, -0.25) is 0 Å². The van der Waals surface area contributed by atoms with Crippen LogP contribution in [0.3, 0.4) is 0 Å². The second-order valence-electron chi connectivity index (χ2n) is 6.62. The molecule has 3 heteroatoms. The molecule has 0 aromatic heterocycles. The Kier molecular flexibility index (Phi) is 6.69. The summed E-state index contributed by atoms with van der Waals surface area (Å²) >= 11 is 0. The molecular formula is C18H30O3. The van der Waals surface area contributed by atoms with Gasteiger partial charge in [0.15, 0.2) is 0 Å². The summed E-state index contributed by atoms with van der Waals surface area (Å²) in [5.74, 6) is 1.19. The van der Waals surface area contributed by atoms with Gasteiger partial charge in [-0.2, -0.15) is 0 Å². The van der Waals surface area contributed by atoms with Crippen molar-refractivity contribution in [2.45, 2.75) is 64.9 Å². The van der Waals surface area contributed by atoms with Gasteiger partial charge in [0.2, 0.25) is 0 Å². The van der Waals surface area contributed by atoms with E-state index in [0.29, 0.717) is 13.0 Å². The molecule has 0 amide bonds. The molecule has 1 aromatic rings. The lowest BCUT2D eigenvalue weighted by molar-refractivity contribution is 0.0817. The van der Waals surface area contributed by atoms with E-state index in [9.17, 15) is 5.11 Å². The Labute approximate surface area is 129 Å². The molecule has 2 atom stereocenters. The molecular weight excluding hydrogens is 264 g/mol. The first-order valence-electron chi connectivity index (χ1n) is 7.89. The van der Waals surface area contributed by atoms with Crippen LogP contribution in [0.25, 0.3) is 0 Å². The monoisotopic (exact) mass is 294 g/mol. The first-order valence-corrected chi connectivity index (χ1v) is 7.89. The van der Waals surface area contributed by atoms with Crippen LogP contribution in [0.5, 0.6) is 5.75 Å². The van der Waals surface area contributed by atoms with Crippen molar-refractivity contribution in [3.63, 3.8) is 0 Å². The lowest BCUT2D eigenvalue weighted by Gasteiger charge is -2.26. The van der Waals surface area contributed by atoms with Gasteiger partial charge in [0, 0.05) is 0 Å². The SMILES string of the molecule is CCOc1ccc(C(CC)CC(O)CO)cc1C(C)(C)C. The topological polar surface area (TPSA) is 49.7 Å². The Balaban J connectivity index is 3.13. The van der Waals surface area contributed by atoms with Crippen molar-refractivity contribution in [1.29, 1.82) is 0 Å². The van der Waals surface area contributed by atoms with Gasteiger partial charge in [-0.15, -0.1) is 0 Å². The molecule has 1 rings (SSSR count). The predicted octanol–water partition coefficient (Wildman–Crippen LogP) is 3.62. The van der Waals surface area contributed by atoms with Gasteiger partial charge in [0.25, 0.3) is 0 Å². The maximum Gasteiger partial charge on any atom is 0.123 e. The number of hydrogen-bond acceptors (Lipinski definition) is 3. The Bertz CT molecular complexity index is 435. The van der Waals surface area contributed by atoms with Crippen LogP contribution >= 0.6 is 0 Å². The molecule has 0 aliphatic rings. The first-order chi connectivity index (χ1) is 9.83. The highest BCUT2D eigenvalue weighted by molar-refractivity contribution is 5.42. The summed E-state index contributed by atoms with van der Waals surface area (Å²) in [7, 11) is 0. The summed E-state index contributed by atoms with van der Waals surface area (Å²) in [5.41, 5.74) is 2.41. The number of ether oxygens (including phenoxy) is 1. The highest BCUT2D eigenvalue weighted by Gasteiger charge is 2.22. The third kappa shape index (κ3) is 5.01. The van der Waals surface area contributed by atoms with Gasteiger partial charge >= 0.3 is 0 Å². The van der Waals surface area contributed by atoms with E-state index >= 15 is 0 Å². The Morgan fingerprint density at radius 1 is 1.19 bits per heavy atom. The van der Waals surface area contributed by atoms with Crippen LogP contribution in [0.15, 0.2) is 18.2 Å². The quantitative estimate of drug-likeness (QED) is 0.807. The van der Waals surface area contributed by atoms with Crippen LogP contribution < -0.4 is 4.74 Å². The Hall–Kier alpha value is -1.06. The summed E-state index contributed by atoms with van der Waals surface area (Å²) < 4.78 is 5.74. The van der Waals surface area contributed by atoms with Crippen LogP contribution in [0.2, 0.25) is 0 Å². The number of aliphatic hydroxyl groups is 2. The van der Waals surface area contributed by atoms with Gasteiger partial charge in [-0.1, -0.05) is 39.8 Å². The van der Waals surface area contributed by atoms with Crippen LogP contribution in [-0.4, -0.2) is 29.5 Å². The minimum Gasteiger partial charge on any atom is -0.494 e. The third-order valence-corrected chi connectivity index (χ3v) is 3.84. The molecule has 0 fully saturated rings. The standard InChI is InChI=1S/C18H30O3/c1-6-13(10-15(20)12-19)14-8-9-17(21-7-2)16(11-14)18(3,4)5/h8-9,11,13,15,19-20H,6-7,10,12H2,1-5H3. The molecule has 2 unspecified atom stereocenters. The van der Waals surface area contributed by atoms with Crippen LogP contribution in [0, 0.1) is 0 Å². The highest BCUT2D eigenvalue weighted by atomic mass is 16.5. The largest absolute Gasteiger partial charge is 0.494 e. The molecule has 21 heavy (non-hydrogen) atoms. The molecule has 0 aliphatic heterocycles. The summed E-state index contributed by atoms with van der Waals surface area (Å²) in [4.78, 5) is 0. The van der Waals surface area contributed by atoms with Gasteiger partial charge in [0.1, 0.15) is 5.75 Å². The summed E-state index contributed by atoms with van der Waals surface area (Å²) in [6.45, 7) is 11.1. The van der Waals surface area contributed by atoms with Gasteiger partial charge in [-0.25, -0.2) is 0 Å². The molecule has 1 aromatic carbocycles. The number of aliphatic hydroxyl groups excluding tert-OH is 2. The van der Waals surface area contributed by atoms with E-state index in [1.54, 1.807) is 0 Å². The van der Waals surface area contributed by atoms with Crippen LogP contribution in [-0.2, 0) is 5.41 Å². The maximum absolute atomic E-state index is 9.71. The molecule has 0 bridgehead atoms. The molecule has 0 saturated carbocycles. The Morgan fingerprint density at radius 3 is 2.33 bits per heavy atom. The van der Waals surface area contributed by atoms with E-state index in [1.165, 1.54) is 11.1 Å². The minimum absolute atomic E-state index is 0.00833. The average molecular weight is 294 g/mol. The molecule has 2 N–H and O–H groups in total. The van der Waals surface area contributed by atoms with E-state index < -0.39 is 6.10 Å². The van der Waals surface area contributed by atoms with Gasteiger partial charge < -0.3 is 14.9 Å². The maximum atomic E-state index is 9.71. The van der Waals surface area contributed by atoms with Crippen molar-refractivity contribution in [2.75, 3.05) is 13.2 Å². The van der Waals surface area contributed by atoms with E-state index in [0.717, 1.165) is 12.2 Å². The third-order valence-electron chi connectivity index (χ3n) is 3.84. The first kappa shape index (κ1) is 18.0. The summed E-state index contributed by atoms with van der Waals surface area (Å²) in [6, 6.07) is 6.31. The number of hydrogen-bond donors (Lipinski definition) is 2.